The Bertz CT molecular complexity index is 489. The Morgan fingerprint density at radius 2 is 1.82 bits per heavy atom. The molecular formula is C19H26F2O. The molecule has 0 spiro atoms. The molecule has 1 aromatic carbocycles. The molecule has 1 nitrogen and oxygen atoms in total. The lowest BCUT2D eigenvalue weighted by atomic mass is 9.85. The first kappa shape index (κ1) is 18.5. The fourth-order valence-electron chi connectivity index (χ4n) is 2.65. The molecule has 0 aliphatic heterocycles. The van der Waals surface area contributed by atoms with Crippen LogP contribution in [0.15, 0.2) is 36.4 Å². The van der Waals surface area contributed by atoms with Gasteiger partial charge in [-0.1, -0.05) is 57.5 Å². The third kappa shape index (κ3) is 4.75. The number of ketones is 1. The van der Waals surface area contributed by atoms with Crippen LogP contribution in [0.5, 0.6) is 0 Å². The highest BCUT2D eigenvalue weighted by atomic mass is 19.3. The van der Waals surface area contributed by atoms with Gasteiger partial charge in [0.1, 0.15) is 0 Å². The fourth-order valence-corrected chi connectivity index (χ4v) is 2.65. The molecule has 3 heteroatoms. The number of carbonyl (C=O) groups is 1. The molecule has 0 N–H and O–H groups in total. The second-order valence-corrected chi connectivity index (χ2v) is 5.31. The Kier molecular flexibility index (Phi) is 7.43. The van der Waals surface area contributed by atoms with Crippen LogP contribution in [0.25, 0.3) is 0 Å². The van der Waals surface area contributed by atoms with Crippen molar-refractivity contribution >= 4 is 5.78 Å². The Morgan fingerprint density at radius 1 is 1.18 bits per heavy atom. The number of carbonyl (C=O) groups excluding carboxylic acids is 1. The molecule has 1 atom stereocenters. The number of Topliss-reactive ketones (excluding diaryl/α,β-unsaturated/α-hetero) is 1. The normalized spacial score (nSPS) is 21.8. The zero-order valence-corrected chi connectivity index (χ0v) is 13.7. The molecule has 0 saturated carbocycles. The molecule has 0 amide bonds. The van der Waals surface area contributed by atoms with E-state index in [9.17, 15) is 13.6 Å². The summed E-state index contributed by atoms with van der Waals surface area (Å²) in [7, 11) is 0. The monoisotopic (exact) mass is 308 g/mol. The topological polar surface area (TPSA) is 17.1 Å². The summed E-state index contributed by atoms with van der Waals surface area (Å²) in [5, 5.41) is 0. The summed E-state index contributed by atoms with van der Waals surface area (Å²) in [6, 6.07) is 6.69. The van der Waals surface area contributed by atoms with Crippen molar-refractivity contribution in [3.63, 3.8) is 0 Å². The van der Waals surface area contributed by atoms with E-state index in [0.29, 0.717) is 24.0 Å². The van der Waals surface area contributed by atoms with Crippen LogP contribution < -0.4 is 0 Å². The van der Waals surface area contributed by atoms with E-state index in [4.69, 9.17) is 0 Å². The summed E-state index contributed by atoms with van der Waals surface area (Å²) in [4.78, 5) is 11.6. The van der Waals surface area contributed by atoms with Crippen molar-refractivity contribution in [2.24, 2.45) is 0 Å². The summed E-state index contributed by atoms with van der Waals surface area (Å²) >= 11 is 0. The van der Waals surface area contributed by atoms with Gasteiger partial charge in [0, 0.05) is 12.0 Å². The van der Waals surface area contributed by atoms with E-state index in [1.165, 1.54) is 0 Å². The van der Waals surface area contributed by atoms with Crippen LogP contribution >= 0.6 is 0 Å². The molecule has 122 valence electrons. The molecule has 0 fully saturated rings. The van der Waals surface area contributed by atoms with Gasteiger partial charge in [0.2, 0.25) is 0 Å². The number of alkyl halides is 2. The number of hydrogen-bond donors (Lipinski definition) is 0. The van der Waals surface area contributed by atoms with Gasteiger partial charge in [-0.25, -0.2) is 8.78 Å². The van der Waals surface area contributed by atoms with Gasteiger partial charge in [-0.2, -0.15) is 0 Å². The summed E-state index contributed by atoms with van der Waals surface area (Å²) in [6.45, 7) is 5.80. The summed E-state index contributed by atoms with van der Waals surface area (Å²) in [5.74, 6) is -3.55. The smallest absolute Gasteiger partial charge is 0.273 e. The molecule has 0 heterocycles. The van der Waals surface area contributed by atoms with Crippen LogP contribution in [-0.2, 0) is 0 Å². The summed E-state index contributed by atoms with van der Waals surface area (Å²) < 4.78 is 28.3. The van der Waals surface area contributed by atoms with Gasteiger partial charge in [-0.05, 0) is 30.9 Å². The van der Waals surface area contributed by atoms with E-state index in [1.807, 2.05) is 13.8 Å². The predicted octanol–water partition coefficient (Wildman–Crippen LogP) is 6.15. The third-order valence-electron chi connectivity index (χ3n) is 3.87. The van der Waals surface area contributed by atoms with Gasteiger partial charge in [0.05, 0.1) is 5.92 Å². The molecule has 1 aliphatic rings. The largest absolute Gasteiger partial charge is 0.294 e. The highest BCUT2D eigenvalue weighted by Gasteiger charge is 2.37. The first-order valence-corrected chi connectivity index (χ1v) is 8.23. The predicted molar refractivity (Wildman–Crippen MR) is 87.7 cm³/mol. The minimum atomic E-state index is -2.81. The zero-order chi connectivity index (χ0) is 16.6. The van der Waals surface area contributed by atoms with Crippen LogP contribution in [0.2, 0.25) is 0 Å². The van der Waals surface area contributed by atoms with Crippen molar-refractivity contribution in [1.82, 2.24) is 0 Å². The van der Waals surface area contributed by atoms with Gasteiger partial charge >= 0.3 is 0 Å². The Hall–Kier alpha value is -1.51. The van der Waals surface area contributed by atoms with E-state index in [1.54, 1.807) is 37.3 Å². The van der Waals surface area contributed by atoms with Gasteiger partial charge in [-0.15, -0.1) is 0 Å². The maximum atomic E-state index is 14.2. The maximum absolute atomic E-state index is 14.2. The van der Waals surface area contributed by atoms with Gasteiger partial charge in [0.25, 0.3) is 5.92 Å². The third-order valence-corrected chi connectivity index (χ3v) is 3.87. The number of rotatable bonds is 3. The summed E-state index contributed by atoms with van der Waals surface area (Å²) in [6.07, 6.45) is 6.03. The lowest BCUT2D eigenvalue weighted by molar-refractivity contribution is 0.0184. The SMILES string of the molecule is CC.CCC(=O)c1ccc(C2CCCC/C=C\C2(F)F)cc1. The van der Waals surface area contributed by atoms with E-state index in [0.717, 1.165) is 25.3 Å². The molecule has 2 rings (SSSR count). The van der Waals surface area contributed by atoms with E-state index >= 15 is 0 Å². The molecule has 0 saturated heterocycles. The van der Waals surface area contributed by atoms with Crippen molar-refractivity contribution in [1.29, 1.82) is 0 Å². The van der Waals surface area contributed by atoms with Crippen LogP contribution in [0.3, 0.4) is 0 Å². The highest BCUT2D eigenvalue weighted by molar-refractivity contribution is 5.95. The standard InChI is InChI=1S/C17H20F2O.C2H6/c1-2-16(20)14-10-8-13(9-11-14)15-7-5-3-4-6-12-17(15,18)19;1-2/h6,8-12,15H,2-5,7H2,1H3;1-2H3/b12-6-;. The molecule has 1 unspecified atom stereocenters. The molecule has 1 aromatic rings. The van der Waals surface area contributed by atoms with Gasteiger partial charge < -0.3 is 0 Å². The minimum Gasteiger partial charge on any atom is -0.294 e. The lowest BCUT2D eigenvalue weighted by Gasteiger charge is -2.26. The van der Waals surface area contributed by atoms with Crippen molar-refractivity contribution in [3.8, 4) is 0 Å². The maximum Gasteiger partial charge on any atom is 0.273 e. The van der Waals surface area contributed by atoms with Gasteiger partial charge in [0.15, 0.2) is 5.78 Å². The van der Waals surface area contributed by atoms with Gasteiger partial charge in [-0.3, -0.25) is 4.79 Å². The molecule has 0 aromatic heterocycles. The minimum absolute atomic E-state index is 0.0425. The van der Waals surface area contributed by atoms with Crippen molar-refractivity contribution in [2.45, 2.75) is 64.7 Å². The quantitative estimate of drug-likeness (QED) is 0.483. The first-order chi connectivity index (χ1) is 10.5. The average Bonchev–Trinajstić information content (AvgIpc) is 2.53. The lowest BCUT2D eigenvalue weighted by Crippen LogP contribution is -2.25. The Balaban J connectivity index is 0.00000116. The fraction of sp³-hybridized carbons (Fsp3) is 0.526. The van der Waals surface area contributed by atoms with E-state index < -0.39 is 11.8 Å². The number of halogens is 2. The van der Waals surface area contributed by atoms with Crippen LogP contribution in [-0.4, -0.2) is 11.7 Å². The molecule has 1 aliphatic carbocycles. The highest BCUT2D eigenvalue weighted by Crippen LogP contribution is 2.40. The molecular weight excluding hydrogens is 282 g/mol. The molecule has 0 bridgehead atoms. The van der Waals surface area contributed by atoms with E-state index in [-0.39, 0.29) is 5.78 Å². The first-order valence-electron chi connectivity index (χ1n) is 8.23. The molecule has 0 radical (unpaired) electrons. The van der Waals surface area contributed by atoms with Crippen molar-refractivity contribution in [2.75, 3.05) is 0 Å². The Labute approximate surface area is 132 Å². The van der Waals surface area contributed by atoms with Crippen LogP contribution in [0.4, 0.5) is 8.78 Å². The number of hydrogen-bond acceptors (Lipinski definition) is 1. The van der Waals surface area contributed by atoms with Crippen LogP contribution in [0, 0.1) is 0 Å². The van der Waals surface area contributed by atoms with Crippen molar-refractivity contribution < 1.29 is 13.6 Å². The molecule has 22 heavy (non-hydrogen) atoms. The second kappa shape index (κ2) is 8.82. The number of benzene rings is 1. The van der Waals surface area contributed by atoms with Crippen LogP contribution in [0.1, 0.15) is 74.7 Å². The summed E-state index contributed by atoms with van der Waals surface area (Å²) in [5.41, 5.74) is 1.22. The average molecular weight is 308 g/mol. The zero-order valence-electron chi connectivity index (χ0n) is 13.7. The number of allylic oxidation sites excluding steroid dienone is 2. The Morgan fingerprint density at radius 3 is 2.41 bits per heavy atom. The second-order valence-electron chi connectivity index (χ2n) is 5.31. The van der Waals surface area contributed by atoms with E-state index in [2.05, 4.69) is 0 Å². The van der Waals surface area contributed by atoms with Crippen molar-refractivity contribution in [3.05, 3.63) is 47.5 Å².